The third-order valence-electron chi connectivity index (χ3n) is 7.06. The van der Waals surface area contributed by atoms with E-state index < -0.39 is 5.92 Å². The molecule has 0 fully saturated rings. The van der Waals surface area contributed by atoms with Crippen LogP contribution in [-0.4, -0.2) is 23.8 Å². The molecule has 0 spiro atoms. The fourth-order valence-corrected chi connectivity index (χ4v) is 5.81. The van der Waals surface area contributed by atoms with Crippen LogP contribution in [0.15, 0.2) is 83.2 Å². The largest absolute Gasteiger partial charge is 0.497 e. The summed E-state index contributed by atoms with van der Waals surface area (Å²) in [5.41, 5.74) is 4.95. The molecule has 2 aliphatic rings. The minimum Gasteiger partial charge on any atom is -0.497 e. The molecule has 2 atom stereocenters. The highest BCUT2D eigenvalue weighted by Crippen LogP contribution is 2.47. The lowest BCUT2D eigenvalue weighted by atomic mass is 9.71. The molecule has 1 aliphatic carbocycles. The number of anilines is 1. The number of nitrogens with zero attached hydrogens (tertiary/aromatic N) is 1. The Morgan fingerprint density at radius 3 is 2.50 bits per heavy atom. The summed E-state index contributed by atoms with van der Waals surface area (Å²) >= 11 is 12.9. The van der Waals surface area contributed by atoms with Crippen molar-refractivity contribution in [2.75, 3.05) is 12.4 Å². The van der Waals surface area contributed by atoms with Gasteiger partial charge in [0.1, 0.15) is 11.6 Å². The van der Waals surface area contributed by atoms with E-state index >= 15 is 0 Å². The van der Waals surface area contributed by atoms with Gasteiger partial charge in [0.05, 0.1) is 7.11 Å². The van der Waals surface area contributed by atoms with Crippen molar-refractivity contribution < 1.29 is 14.3 Å². The van der Waals surface area contributed by atoms with E-state index in [9.17, 15) is 9.59 Å². The van der Waals surface area contributed by atoms with E-state index in [1.807, 2.05) is 50.2 Å². The maximum Gasteiger partial charge on any atom is 0.255 e. The number of halogens is 2. The van der Waals surface area contributed by atoms with Gasteiger partial charge in [-0.2, -0.15) is 0 Å². The summed E-state index contributed by atoms with van der Waals surface area (Å²) in [7, 11) is 1.63. The van der Waals surface area contributed by atoms with Crippen LogP contribution in [0.1, 0.15) is 48.4 Å². The molecule has 1 amide bonds. The van der Waals surface area contributed by atoms with E-state index in [-0.39, 0.29) is 17.6 Å². The molecule has 5 rings (SSSR count). The van der Waals surface area contributed by atoms with Gasteiger partial charge in [-0.3, -0.25) is 9.59 Å². The first kappa shape index (κ1) is 26.0. The fourth-order valence-electron chi connectivity index (χ4n) is 5.29. The van der Waals surface area contributed by atoms with Crippen molar-refractivity contribution in [3.05, 3.63) is 110 Å². The van der Waals surface area contributed by atoms with E-state index in [0.29, 0.717) is 51.1 Å². The number of ketones is 1. The minimum atomic E-state index is -0.648. The topological polar surface area (TPSA) is 80.3 Å². The van der Waals surface area contributed by atoms with E-state index in [1.165, 1.54) is 0 Å². The van der Waals surface area contributed by atoms with E-state index in [4.69, 9.17) is 27.9 Å². The Morgan fingerprint density at radius 1 is 1.05 bits per heavy atom. The van der Waals surface area contributed by atoms with Crippen LogP contribution in [0.3, 0.4) is 0 Å². The highest BCUT2D eigenvalue weighted by molar-refractivity contribution is 6.35. The molecular formula is C30H27Cl2N3O3. The molecule has 0 saturated heterocycles. The van der Waals surface area contributed by atoms with Gasteiger partial charge in [0.25, 0.3) is 5.91 Å². The van der Waals surface area contributed by atoms with Gasteiger partial charge in [0.2, 0.25) is 0 Å². The standard InChI is InChI=1S/C30H27Cl2N3O3/c1-16-5-4-6-26(33-16)35-30(37)27-17(2)34-24-13-19(18-7-10-21(38-3)11-8-18)14-25(36)29(24)28(27)22-12-9-20(31)15-23(22)32/h4-12,15,19,28,34H,13-14H2,1-3H3,(H,33,35,37). The number of rotatable bonds is 5. The molecule has 2 heterocycles. The third kappa shape index (κ3) is 5.06. The molecule has 194 valence electrons. The van der Waals surface area contributed by atoms with Gasteiger partial charge in [0.15, 0.2) is 5.78 Å². The number of Topliss-reactive ketones (excluding diaryl/α,β-unsaturated/α-hetero) is 1. The second kappa shape index (κ2) is 10.6. The van der Waals surface area contributed by atoms with Gasteiger partial charge >= 0.3 is 0 Å². The predicted molar refractivity (Wildman–Crippen MR) is 150 cm³/mol. The van der Waals surface area contributed by atoms with Crippen molar-refractivity contribution in [1.82, 2.24) is 10.3 Å². The smallest absolute Gasteiger partial charge is 0.255 e. The van der Waals surface area contributed by atoms with E-state index in [0.717, 1.165) is 22.7 Å². The van der Waals surface area contributed by atoms with Crippen molar-refractivity contribution in [2.24, 2.45) is 0 Å². The molecule has 1 aliphatic heterocycles. The first-order chi connectivity index (χ1) is 18.2. The molecule has 0 radical (unpaired) electrons. The second-order valence-corrected chi connectivity index (χ2v) is 10.4. The lowest BCUT2D eigenvalue weighted by Gasteiger charge is -2.37. The van der Waals surface area contributed by atoms with Gasteiger partial charge < -0.3 is 15.4 Å². The van der Waals surface area contributed by atoms with E-state index in [1.54, 1.807) is 31.4 Å². The number of aryl methyl sites for hydroxylation is 1. The average molecular weight is 548 g/mol. The second-order valence-electron chi connectivity index (χ2n) is 9.57. The molecule has 1 aromatic heterocycles. The van der Waals surface area contributed by atoms with Crippen LogP contribution in [-0.2, 0) is 9.59 Å². The molecule has 0 bridgehead atoms. The monoisotopic (exact) mass is 547 g/mol. The van der Waals surface area contributed by atoms with Crippen LogP contribution in [0, 0.1) is 6.92 Å². The van der Waals surface area contributed by atoms with Crippen LogP contribution >= 0.6 is 23.2 Å². The van der Waals surface area contributed by atoms with Crippen molar-refractivity contribution in [3.8, 4) is 5.75 Å². The molecule has 38 heavy (non-hydrogen) atoms. The summed E-state index contributed by atoms with van der Waals surface area (Å²) in [5.74, 6) is 0.181. The van der Waals surface area contributed by atoms with Crippen molar-refractivity contribution in [1.29, 1.82) is 0 Å². The Labute approximate surface area is 231 Å². The van der Waals surface area contributed by atoms with Crippen LogP contribution in [0.4, 0.5) is 5.82 Å². The number of ether oxygens (including phenoxy) is 1. The zero-order valence-corrected chi connectivity index (χ0v) is 22.8. The summed E-state index contributed by atoms with van der Waals surface area (Å²) in [4.78, 5) is 31.9. The maximum absolute atomic E-state index is 13.8. The molecule has 3 aromatic rings. The highest BCUT2D eigenvalue weighted by Gasteiger charge is 2.41. The maximum atomic E-state index is 13.8. The SMILES string of the molecule is COc1ccc(C2CC(=O)C3=C(C2)NC(C)=C(C(=O)Nc2cccc(C)n2)C3c2ccc(Cl)cc2Cl)cc1. The van der Waals surface area contributed by atoms with Gasteiger partial charge in [-0.15, -0.1) is 0 Å². The van der Waals surface area contributed by atoms with Crippen molar-refractivity contribution >= 4 is 40.7 Å². The number of dihydropyridines is 1. The van der Waals surface area contributed by atoms with Crippen LogP contribution in [0.2, 0.25) is 10.0 Å². The number of nitrogens with one attached hydrogen (secondary N) is 2. The van der Waals surface area contributed by atoms with Crippen LogP contribution in [0.5, 0.6) is 5.75 Å². The number of methoxy groups -OCH3 is 1. The number of allylic oxidation sites excluding steroid dienone is 3. The molecule has 2 N–H and O–H groups in total. The summed E-state index contributed by atoms with van der Waals surface area (Å²) in [5, 5.41) is 7.17. The number of hydrogen-bond donors (Lipinski definition) is 2. The van der Waals surface area contributed by atoms with Crippen LogP contribution in [0.25, 0.3) is 0 Å². The number of hydrogen-bond acceptors (Lipinski definition) is 5. The Kier molecular flexibility index (Phi) is 7.28. The Bertz CT molecular complexity index is 1490. The summed E-state index contributed by atoms with van der Waals surface area (Å²) in [6.45, 7) is 3.70. The van der Waals surface area contributed by atoms with Gasteiger partial charge in [-0.25, -0.2) is 4.98 Å². The third-order valence-corrected chi connectivity index (χ3v) is 7.63. The number of carbonyl (C=O) groups is 2. The fraction of sp³-hybridized carbons (Fsp3) is 0.233. The molecule has 0 saturated carbocycles. The van der Waals surface area contributed by atoms with Gasteiger partial charge in [-0.1, -0.05) is 47.5 Å². The molecular weight excluding hydrogens is 521 g/mol. The predicted octanol–water partition coefficient (Wildman–Crippen LogP) is 6.71. The van der Waals surface area contributed by atoms with Crippen LogP contribution < -0.4 is 15.4 Å². The first-order valence-corrected chi connectivity index (χ1v) is 13.1. The quantitative estimate of drug-likeness (QED) is 0.371. The number of aromatic nitrogens is 1. The summed E-state index contributed by atoms with van der Waals surface area (Å²) in [6.07, 6.45) is 0.947. The van der Waals surface area contributed by atoms with Gasteiger partial charge in [0, 0.05) is 50.6 Å². The Hall–Kier alpha value is -3.61. The van der Waals surface area contributed by atoms with Crippen molar-refractivity contribution in [3.63, 3.8) is 0 Å². The average Bonchev–Trinajstić information content (AvgIpc) is 2.88. The summed E-state index contributed by atoms with van der Waals surface area (Å²) < 4.78 is 5.28. The number of benzene rings is 2. The van der Waals surface area contributed by atoms with Crippen molar-refractivity contribution in [2.45, 2.75) is 38.5 Å². The lowest BCUT2D eigenvalue weighted by Crippen LogP contribution is -2.37. The highest BCUT2D eigenvalue weighted by atomic mass is 35.5. The zero-order valence-electron chi connectivity index (χ0n) is 21.3. The molecule has 6 nitrogen and oxygen atoms in total. The van der Waals surface area contributed by atoms with Gasteiger partial charge in [-0.05, 0) is 73.7 Å². The molecule has 8 heteroatoms. The number of carbonyl (C=O) groups excluding carboxylic acids is 2. The van der Waals surface area contributed by atoms with E-state index in [2.05, 4.69) is 15.6 Å². The number of pyridine rings is 1. The Balaban J connectivity index is 1.57. The molecule has 2 unspecified atom stereocenters. The Morgan fingerprint density at radius 2 is 1.82 bits per heavy atom. The first-order valence-electron chi connectivity index (χ1n) is 12.3. The lowest BCUT2D eigenvalue weighted by molar-refractivity contribution is -0.116. The zero-order chi connectivity index (χ0) is 27.0. The molecule has 2 aromatic carbocycles. The number of amides is 1. The summed E-state index contributed by atoms with van der Waals surface area (Å²) in [6, 6.07) is 18.4. The normalized spacial score (nSPS) is 19.1. The minimum absolute atomic E-state index is 0.000617.